The molecule has 42 heavy (non-hydrogen) atoms. The maximum absolute atomic E-state index is 14.6. The van der Waals surface area contributed by atoms with Gasteiger partial charge in [-0.05, 0) is 19.1 Å². The molecule has 0 aliphatic carbocycles. The van der Waals surface area contributed by atoms with Crippen molar-refractivity contribution >= 4 is 92.1 Å². The number of nitrogens with two attached hydrogens (primary N) is 2. The third kappa shape index (κ3) is 6.71. The van der Waals surface area contributed by atoms with E-state index >= 15 is 0 Å². The molecule has 3 heterocycles. The van der Waals surface area contributed by atoms with Gasteiger partial charge in [0.25, 0.3) is 0 Å². The van der Waals surface area contributed by atoms with Gasteiger partial charge >= 0.3 is 11.9 Å². The van der Waals surface area contributed by atoms with Gasteiger partial charge in [-0.2, -0.15) is 4.39 Å². The first kappa shape index (κ1) is 33.3. The van der Waals surface area contributed by atoms with E-state index in [4.69, 9.17) is 63.0 Å². The number of hydrogen-bond donors (Lipinski definition) is 3. The maximum atomic E-state index is 14.6. The van der Waals surface area contributed by atoms with E-state index in [9.17, 15) is 22.6 Å². The van der Waals surface area contributed by atoms with Gasteiger partial charge in [0.15, 0.2) is 34.0 Å². The van der Waals surface area contributed by atoms with Crippen LogP contribution < -0.4 is 11.5 Å². The van der Waals surface area contributed by atoms with E-state index in [1.165, 1.54) is 25.3 Å². The van der Waals surface area contributed by atoms with Crippen LogP contribution in [0.2, 0.25) is 20.1 Å². The zero-order valence-corrected chi connectivity index (χ0v) is 25.9. The average Bonchev–Trinajstić information content (AvgIpc) is 3.18. The first-order valence-corrected chi connectivity index (χ1v) is 14.7. The van der Waals surface area contributed by atoms with E-state index in [0.717, 1.165) is 7.11 Å². The van der Waals surface area contributed by atoms with Crippen LogP contribution >= 0.6 is 57.7 Å². The molecule has 4 aromatic rings. The molecule has 0 saturated heterocycles. The Kier molecular flexibility index (Phi) is 10.6. The standard InChI is InChI=1S/C13H10Cl2FN3O3S.C10H6Cl2FN3O2S/c1-22-13(20)9-7(15)11(17)19-12(18-9)5-3-4-6(14)10(8(5)16)23(2)21;1-2-3(11)6(19-7(2)13)9-15-5(10(17)18)4(12)8(14)16-9/h3-4H,1-2H3,(H2,17,18,19);1H3,(H,17,18)(H2,14,15,16). The predicted octanol–water partition coefficient (Wildman–Crippen LogP) is 5.94. The van der Waals surface area contributed by atoms with E-state index in [-0.39, 0.29) is 70.0 Å². The molecule has 0 amide bonds. The SMILES string of the molecule is COC(=O)c1nc(-c2ccc(Cl)c(S(C)=O)c2F)nc(N)c1Cl.Cc1c(F)sc(-c2nc(N)c(Cl)c(C(=O)O)n2)c1Cl. The number of methoxy groups -OCH3 is 1. The van der Waals surface area contributed by atoms with Crippen molar-refractivity contribution in [1.29, 1.82) is 0 Å². The van der Waals surface area contributed by atoms with Gasteiger partial charge in [-0.15, -0.1) is 11.3 Å². The number of ether oxygens (including phenoxy) is 1. The average molecular weight is 700 g/mol. The number of halogens is 6. The predicted molar refractivity (Wildman–Crippen MR) is 157 cm³/mol. The van der Waals surface area contributed by atoms with Crippen LogP contribution in [0.25, 0.3) is 22.1 Å². The first-order valence-electron chi connectivity index (χ1n) is 10.8. The second-order valence-electron chi connectivity index (χ2n) is 7.82. The van der Waals surface area contributed by atoms with Crippen molar-refractivity contribution in [3.8, 4) is 22.1 Å². The van der Waals surface area contributed by atoms with E-state index in [0.29, 0.717) is 11.3 Å². The lowest BCUT2D eigenvalue weighted by atomic mass is 10.2. The summed E-state index contributed by atoms with van der Waals surface area (Å²) in [5, 5.41) is 8.13. The number of nitrogen functional groups attached to an aromatic ring is 2. The topological polar surface area (TPSA) is 184 Å². The Morgan fingerprint density at radius 3 is 2.00 bits per heavy atom. The summed E-state index contributed by atoms with van der Waals surface area (Å²) >= 11 is 24.1. The molecule has 1 atom stereocenters. The summed E-state index contributed by atoms with van der Waals surface area (Å²) < 4.78 is 44.2. The van der Waals surface area contributed by atoms with Gasteiger partial charge in [0, 0.05) is 11.8 Å². The normalized spacial score (nSPS) is 11.5. The number of carbonyl (C=O) groups is 2. The molecule has 3 aromatic heterocycles. The molecule has 222 valence electrons. The summed E-state index contributed by atoms with van der Waals surface area (Å²) in [6.45, 7) is 1.50. The third-order valence-corrected chi connectivity index (χ3v) is 8.94. The fourth-order valence-electron chi connectivity index (χ4n) is 3.10. The van der Waals surface area contributed by atoms with Gasteiger partial charge in [0.2, 0.25) is 0 Å². The molecule has 0 bridgehead atoms. The zero-order valence-electron chi connectivity index (χ0n) is 21.3. The number of aromatic carboxylic acids is 1. The highest BCUT2D eigenvalue weighted by Crippen LogP contribution is 2.38. The Labute approximate surface area is 262 Å². The van der Waals surface area contributed by atoms with Crippen LogP contribution in [0, 0.1) is 17.9 Å². The maximum Gasteiger partial charge on any atom is 0.358 e. The minimum absolute atomic E-state index is 0.00205. The Bertz CT molecular complexity index is 1780. The van der Waals surface area contributed by atoms with Gasteiger partial charge in [-0.3, -0.25) is 4.21 Å². The third-order valence-electron chi connectivity index (χ3n) is 5.13. The number of carboxylic acid groups (broad SMARTS) is 1. The Balaban J connectivity index is 0.000000235. The van der Waals surface area contributed by atoms with E-state index in [1.54, 1.807) is 0 Å². The van der Waals surface area contributed by atoms with Gasteiger partial charge in [0.1, 0.15) is 21.7 Å². The summed E-state index contributed by atoms with van der Waals surface area (Å²) in [4.78, 5) is 38.0. The van der Waals surface area contributed by atoms with E-state index in [2.05, 4.69) is 24.7 Å². The van der Waals surface area contributed by atoms with Crippen LogP contribution in [0.3, 0.4) is 0 Å². The highest BCUT2D eigenvalue weighted by atomic mass is 35.5. The van der Waals surface area contributed by atoms with Gasteiger partial charge < -0.3 is 21.3 Å². The van der Waals surface area contributed by atoms with Crippen LogP contribution in [0.1, 0.15) is 26.5 Å². The molecule has 11 nitrogen and oxygen atoms in total. The Morgan fingerprint density at radius 1 is 0.952 bits per heavy atom. The van der Waals surface area contributed by atoms with Crippen LogP contribution in [-0.2, 0) is 15.5 Å². The largest absolute Gasteiger partial charge is 0.476 e. The van der Waals surface area contributed by atoms with Gasteiger partial charge in [0.05, 0.1) is 43.3 Å². The number of anilines is 2. The number of benzene rings is 1. The van der Waals surface area contributed by atoms with Crippen LogP contribution in [0.15, 0.2) is 17.0 Å². The lowest BCUT2D eigenvalue weighted by molar-refractivity contribution is 0.0593. The quantitative estimate of drug-likeness (QED) is 0.210. The number of hydrogen-bond acceptors (Lipinski definition) is 11. The highest BCUT2D eigenvalue weighted by molar-refractivity contribution is 7.84. The summed E-state index contributed by atoms with van der Waals surface area (Å²) in [5.41, 5.74) is 10.5. The highest BCUT2D eigenvalue weighted by Gasteiger charge is 2.24. The smallest absolute Gasteiger partial charge is 0.358 e. The molecule has 0 fully saturated rings. The van der Waals surface area contributed by atoms with Crippen LogP contribution in [-0.4, -0.2) is 54.6 Å². The van der Waals surface area contributed by atoms with Crippen molar-refractivity contribution in [2.75, 3.05) is 24.8 Å². The summed E-state index contributed by atoms with van der Waals surface area (Å²) in [6, 6.07) is 2.64. The molecule has 19 heteroatoms. The number of carbonyl (C=O) groups excluding carboxylic acids is 1. The number of nitrogens with zero attached hydrogens (tertiary/aromatic N) is 4. The summed E-state index contributed by atoms with van der Waals surface area (Å²) in [7, 11) is -0.536. The first-order chi connectivity index (χ1) is 19.6. The molecule has 5 N–H and O–H groups in total. The number of aromatic nitrogens is 4. The molecule has 0 saturated carbocycles. The van der Waals surface area contributed by atoms with Crippen molar-refractivity contribution in [1.82, 2.24) is 19.9 Å². The molecule has 0 aliphatic rings. The van der Waals surface area contributed by atoms with Gasteiger partial charge in [-0.1, -0.05) is 46.4 Å². The summed E-state index contributed by atoms with van der Waals surface area (Å²) in [5.74, 6) is -3.76. The molecule has 1 unspecified atom stereocenters. The van der Waals surface area contributed by atoms with E-state index in [1.807, 2.05) is 0 Å². The minimum atomic E-state index is -1.67. The van der Waals surface area contributed by atoms with Gasteiger partial charge in [-0.25, -0.2) is 33.9 Å². The van der Waals surface area contributed by atoms with Crippen molar-refractivity contribution in [2.45, 2.75) is 11.8 Å². The lowest BCUT2D eigenvalue weighted by Gasteiger charge is -2.10. The lowest BCUT2D eigenvalue weighted by Crippen LogP contribution is -2.10. The fraction of sp³-hybridized carbons (Fsp3) is 0.130. The Morgan fingerprint density at radius 2 is 1.50 bits per heavy atom. The molecule has 0 spiro atoms. The molecular formula is C23H16Cl4F2N6O5S2. The number of thiophene rings is 1. The molecule has 0 radical (unpaired) electrons. The monoisotopic (exact) mass is 698 g/mol. The van der Waals surface area contributed by atoms with Crippen molar-refractivity contribution in [3.05, 3.63) is 60.1 Å². The second kappa shape index (κ2) is 13.4. The molecule has 1 aromatic carbocycles. The van der Waals surface area contributed by atoms with Crippen LogP contribution in [0.4, 0.5) is 20.4 Å². The second-order valence-corrected chi connectivity index (χ2v) is 11.7. The molecular weight excluding hydrogens is 684 g/mol. The van der Waals surface area contributed by atoms with Crippen molar-refractivity contribution < 1.29 is 32.4 Å². The molecule has 4 rings (SSSR count). The van der Waals surface area contributed by atoms with E-state index < -0.39 is 39.4 Å². The number of carboxylic acids is 1. The van der Waals surface area contributed by atoms with Crippen molar-refractivity contribution in [2.24, 2.45) is 0 Å². The number of rotatable bonds is 5. The van der Waals surface area contributed by atoms with Crippen LogP contribution in [0.5, 0.6) is 0 Å². The zero-order chi connectivity index (χ0) is 31.6. The number of esters is 1. The molecule has 0 aliphatic heterocycles. The fourth-order valence-corrected chi connectivity index (χ4v) is 5.81. The van der Waals surface area contributed by atoms with Crippen molar-refractivity contribution in [3.63, 3.8) is 0 Å². The minimum Gasteiger partial charge on any atom is -0.476 e. The summed E-state index contributed by atoms with van der Waals surface area (Å²) in [6.07, 6.45) is 1.28. The Hall–Kier alpha value is -3.21.